The van der Waals surface area contributed by atoms with Crippen LogP contribution in [-0.4, -0.2) is 10.2 Å². The lowest BCUT2D eigenvalue weighted by atomic mass is 10.1. The molecule has 0 aliphatic heterocycles. The normalized spacial score (nSPS) is 12.6. The molecule has 1 unspecified atom stereocenters. The zero-order valence-corrected chi connectivity index (χ0v) is 12.6. The number of aromatic amines is 1. The van der Waals surface area contributed by atoms with Gasteiger partial charge in [0.25, 0.3) is 0 Å². The van der Waals surface area contributed by atoms with Crippen LogP contribution in [0, 0.1) is 5.82 Å². The number of hydrogen-bond acceptors (Lipinski definition) is 2. The number of fused-ring (bicyclic) bond motifs is 1. The minimum Gasteiger partial charge on any atom is -0.378 e. The molecule has 1 aromatic heterocycles. The molecule has 0 bridgehead atoms. The van der Waals surface area contributed by atoms with E-state index in [0.717, 1.165) is 16.6 Å². The highest BCUT2D eigenvalue weighted by molar-refractivity contribution is 6.36. The molecule has 6 heteroatoms. The molecule has 0 radical (unpaired) electrons. The van der Waals surface area contributed by atoms with Crippen LogP contribution in [0.4, 0.5) is 10.1 Å². The van der Waals surface area contributed by atoms with Gasteiger partial charge in [0, 0.05) is 21.7 Å². The zero-order valence-electron chi connectivity index (χ0n) is 11.1. The number of rotatable bonds is 3. The van der Waals surface area contributed by atoms with Gasteiger partial charge in [-0.2, -0.15) is 5.10 Å². The second-order valence-corrected chi connectivity index (χ2v) is 5.58. The smallest absolute Gasteiger partial charge is 0.142 e. The summed E-state index contributed by atoms with van der Waals surface area (Å²) in [5.74, 6) is -0.478. The Labute approximate surface area is 131 Å². The fourth-order valence-electron chi connectivity index (χ4n) is 2.29. The van der Waals surface area contributed by atoms with Gasteiger partial charge in [-0.3, -0.25) is 5.10 Å². The molecule has 1 heterocycles. The number of nitrogens with one attached hydrogen (secondary N) is 2. The van der Waals surface area contributed by atoms with E-state index >= 15 is 0 Å². The molecule has 0 fully saturated rings. The maximum Gasteiger partial charge on any atom is 0.142 e. The van der Waals surface area contributed by atoms with Gasteiger partial charge in [-0.05, 0) is 37.3 Å². The Morgan fingerprint density at radius 2 is 2.05 bits per heavy atom. The number of nitrogens with zero attached hydrogens (tertiary/aromatic N) is 1. The van der Waals surface area contributed by atoms with Gasteiger partial charge < -0.3 is 5.32 Å². The summed E-state index contributed by atoms with van der Waals surface area (Å²) in [6.07, 6.45) is 1.75. The standard InChI is InChI=1S/C15H12Cl2FN3/c1-8(14-11(16)4-5-12(18)15(14)17)20-10-3-2-9-7-19-21-13(9)6-10/h2-8,20H,1H3,(H,19,21). The fourth-order valence-corrected chi connectivity index (χ4v) is 2.99. The Morgan fingerprint density at radius 3 is 2.86 bits per heavy atom. The van der Waals surface area contributed by atoms with E-state index in [1.165, 1.54) is 12.1 Å². The van der Waals surface area contributed by atoms with Gasteiger partial charge in [0.05, 0.1) is 22.8 Å². The number of benzene rings is 2. The first-order valence-corrected chi connectivity index (χ1v) is 7.15. The molecule has 21 heavy (non-hydrogen) atoms. The van der Waals surface area contributed by atoms with Crippen LogP contribution in [0.5, 0.6) is 0 Å². The summed E-state index contributed by atoms with van der Waals surface area (Å²) >= 11 is 12.2. The highest BCUT2D eigenvalue weighted by atomic mass is 35.5. The van der Waals surface area contributed by atoms with Crippen molar-refractivity contribution in [3.63, 3.8) is 0 Å². The summed E-state index contributed by atoms with van der Waals surface area (Å²) in [6.45, 7) is 1.88. The van der Waals surface area contributed by atoms with E-state index in [1.54, 1.807) is 6.20 Å². The van der Waals surface area contributed by atoms with Gasteiger partial charge in [-0.1, -0.05) is 23.2 Å². The van der Waals surface area contributed by atoms with Crippen molar-refractivity contribution in [3.05, 3.63) is 58.0 Å². The van der Waals surface area contributed by atoms with E-state index in [-0.39, 0.29) is 11.1 Å². The van der Waals surface area contributed by atoms with Crippen molar-refractivity contribution < 1.29 is 4.39 Å². The van der Waals surface area contributed by atoms with Crippen LogP contribution in [0.3, 0.4) is 0 Å². The summed E-state index contributed by atoms with van der Waals surface area (Å²) in [6, 6.07) is 8.34. The SMILES string of the molecule is CC(Nc1ccc2cn[nH]c2c1)c1c(Cl)ccc(F)c1Cl. The predicted molar refractivity (Wildman–Crippen MR) is 84.6 cm³/mol. The Bertz CT molecular complexity index is 801. The molecule has 3 nitrogen and oxygen atoms in total. The molecule has 3 rings (SSSR count). The highest BCUT2D eigenvalue weighted by Gasteiger charge is 2.17. The van der Waals surface area contributed by atoms with Gasteiger partial charge in [0.2, 0.25) is 0 Å². The van der Waals surface area contributed by atoms with Crippen molar-refractivity contribution in [2.45, 2.75) is 13.0 Å². The van der Waals surface area contributed by atoms with Crippen LogP contribution in [0.15, 0.2) is 36.5 Å². The lowest BCUT2D eigenvalue weighted by Gasteiger charge is -2.18. The lowest BCUT2D eigenvalue weighted by molar-refractivity contribution is 0.624. The second-order valence-electron chi connectivity index (χ2n) is 4.79. The van der Waals surface area contributed by atoms with Crippen LogP contribution in [0.1, 0.15) is 18.5 Å². The molecular formula is C15H12Cl2FN3. The van der Waals surface area contributed by atoms with E-state index in [2.05, 4.69) is 15.5 Å². The molecule has 0 aliphatic rings. The summed E-state index contributed by atoms with van der Waals surface area (Å²) in [7, 11) is 0. The Morgan fingerprint density at radius 1 is 1.24 bits per heavy atom. The number of halogens is 3. The van der Waals surface area contributed by atoms with Crippen molar-refractivity contribution in [2.75, 3.05) is 5.32 Å². The van der Waals surface area contributed by atoms with Crippen molar-refractivity contribution in [1.29, 1.82) is 0 Å². The van der Waals surface area contributed by atoms with Gasteiger partial charge in [-0.25, -0.2) is 4.39 Å². The molecule has 2 N–H and O–H groups in total. The summed E-state index contributed by atoms with van der Waals surface area (Å²) in [4.78, 5) is 0. The van der Waals surface area contributed by atoms with Crippen LogP contribution in [0.2, 0.25) is 10.0 Å². The zero-order chi connectivity index (χ0) is 15.0. The Kier molecular flexibility index (Phi) is 3.74. The number of anilines is 1. The number of hydrogen-bond donors (Lipinski definition) is 2. The van der Waals surface area contributed by atoms with Crippen LogP contribution >= 0.6 is 23.2 Å². The van der Waals surface area contributed by atoms with Gasteiger partial charge in [0.1, 0.15) is 5.82 Å². The molecule has 3 aromatic rings. The van der Waals surface area contributed by atoms with Crippen molar-refractivity contribution >= 4 is 39.8 Å². The fraction of sp³-hybridized carbons (Fsp3) is 0.133. The topological polar surface area (TPSA) is 40.7 Å². The Balaban J connectivity index is 1.92. The first-order chi connectivity index (χ1) is 10.1. The van der Waals surface area contributed by atoms with E-state index in [1.807, 2.05) is 25.1 Å². The average Bonchev–Trinajstić information content (AvgIpc) is 2.91. The first-order valence-electron chi connectivity index (χ1n) is 6.39. The summed E-state index contributed by atoms with van der Waals surface area (Å²) in [5.41, 5.74) is 2.34. The monoisotopic (exact) mass is 323 g/mol. The highest BCUT2D eigenvalue weighted by Crippen LogP contribution is 2.34. The molecule has 108 valence electrons. The number of H-pyrrole nitrogens is 1. The molecule has 0 saturated heterocycles. The van der Waals surface area contributed by atoms with Gasteiger partial charge in [-0.15, -0.1) is 0 Å². The average molecular weight is 324 g/mol. The van der Waals surface area contributed by atoms with Crippen molar-refractivity contribution in [2.24, 2.45) is 0 Å². The first kappa shape index (κ1) is 14.2. The third-order valence-electron chi connectivity index (χ3n) is 3.34. The largest absolute Gasteiger partial charge is 0.378 e. The maximum atomic E-state index is 13.6. The molecular weight excluding hydrogens is 312 g/mol. The van der Waals surface area contributed by atoms with Crippen molar-refractivity contribution in [1.82, 2.24) is 10.2 Å². The lowest BCUT2D eigenvalue weighted by Crippen LogP contribution is -2.08. The number of aromatic nitrogens is 2. The molecule has 2 aromatic carbocycles. The van der Waals surface area contributed by atoms with E-state index in [4.69, 9.17) is 23.2 Å². The van der Waals surface area contributed by atoms with E-state index in [9.17, 15) is 4.39 Å². The third-order valence-corrected chi connectivity index (χ3v) is 4.05. The van der Waals surface area contributed by atoms with Gasteiger partial charge >= 0.3 is 0 Å². The van der Waals surface area contributed by atoms with Crippen LogP contribution in [-0.2, 0) is 0 Å². The Hall–Kier alpha value is -1.78. The van der Waals surface area contributed by atoms with Crippen molar-refractivity contribution in [3.8, 4) is 0 Å². The maximum absolute atomic E-state index is 13.6. The molecule has 0 spiro atoms. The minimum absolute atomic E-state index is 0.0464. The molecule has 0 amide bonds. The molecule has 0 aliphatic carbocycles. The van der Waals surface area contributed by atoms with E-state index < -0.39 is 5.82 Å². The van der Waals surface area contributed by atoms with Gasteiger partial charge in [0.15, 0.2) is 0 Å². The third kappa shape index (κ3) is 2.69. The van der Waals surface area contributed by atoms with Crippen LogP contribution < -0.4 is 5.32 Å². The minimum atomic E-state index is -0.478. The second kappa shape index (κ2) is 5.54. The van der Waals surface area contributed by atoms with E-state index in [0.29, 0.717) is 10.6 Å². The predicted octanol–water partition coefficient (Wildman–Crippen LogP) is 5.18. The molecule has 0 saturated carbocycles. The van der Waals surface area contributed by atoms with Crippen LogP contribution in [0.25, 0.3) is 10.9 Å². The summed E-state index contributed by atoms with van der Waals surface area (Å²) < 4.78 is 13.6. The quantitative estimate of drug-likeness (QED) is 0.652. The summed E-state index contributed by atoms with van der Waals surface area (Å²) in [5, 5.41) is 11.6. The molecule has 1 atom stereocenters.